The molecule has 0 radical (unpaired) electrons. The van der Waals surface area contributed by atoms with Crippen LogP contribution in [0.5, 0.6) is 11.5 Å². The summed E-state index contributed by atoms with van der Waals surface area (Å²) in [4.78, 5) is 0. The van der Waals surface area contributed by atoms with Gasteiger partial charge in [-0.25, -0.2) is 0 Å². The van der Waals surface area contributed by atoms with Gasteiger partial charge in [-0.3, -0.25) is 0 Å². The number of halogens is 3. The standard InChI is InChI=1S/C14H16F3NO2/c15-14(16,17)10-6-11(7-10)18-8-9-1-2-12-13(5-9)20-4-3-19-12/h1-2,5,10-11,18H,3-4,6-8H2. The average molecular weight is 287 g/mol. The van der Waals surface area contributed by atoms with Crippen molar-refractivity contribution in [2.24, 2.45) is 5.92 Å². The van der Waals surface area contributed by atoms with E-state index in [0.717, 1.165) is 11.3 Å². The monoisotopic (exact) mass is 287 g/mol. The summed E-state index contributed by atoms with van der Waals surface area (Å²) in [5.41, 5.74) is 0.990. The Kier molecular flexibility index (Phi) is 3.50. The van der Waals surface area contributed by atoms with Crippen LogP contribution in [0.2, 0.25) is 0 Å². The van der Waals surface area contributed by atoms with Gasteiger partial charge in [0.25, 0.3) is 0 Å². The predicted molar refractivity (Wildman–Crippen MR) is 66.8 cm³/mol. The van der Waals surface area contributed by atoms with Gasteiger partial charge in [-0.1, -0.05) is 6.07 Å². The summed E-state index contributed by atoms with van der Waals surface area (Å²) in [7, 11) is 0. The van der Waals surface area contributed by atoms with E-state index in [9.17, 15) is 13.2 Å². The van der Waals surface area contributed by atoms with Crippen LogP contribution in [0.4, 0.5) is 13.2 Å². The molecule has 1 saturated carbocycles. The quantitative estimate of drug-likeness (QED) is 0.927. The summed E-state index contributed by atoms with van der Waals surface area (Å²) in [6, 6.07) is 5.57. The highest BCUT2D eigenvalue weighted by atomic mass is 19.4. The van der Waals surface area contributed by atoms with Gasteiger partial charge in [-0.05, 0) is 30.5 Å². The first kappa shape index (κ1) is 13.5. The van der Waals surface area contributed by atoms with Crippen LogP contribution in [0.3, 0.4) is 0 Å². The van der Waals surface area contributed by atoms with Gasteiger partial charge < -0.3 is 14.8 Å². The lowest BCUT2D eigenvalue weighted by molar-refractivity contribution is -0.199. The number of fused-ring (bicyclic) bond motifs is 1. The fourth-order valence-corrected chi connectivity index (χ4v) is 2.51. The van der Waals surface area contributed by atoms with Crippen LogP contribution in [0.15, 0.2) is 18.2 Å². The number of benzene rings is 1. The lowest BCUT2D eigenvalue weighted by Gasteiger charge is -2.37. The summed E-state index contributed by atoms with van der Waals surface area (Å²) in [5, 5.41) is 3.15. The molecule has 0 saturated heterocycles. The minimum absolute atomic E-state index is 0.0465. The van der Waals surface area contributed by atoms with Crippen LogP contribution in [0.1, 0.15) is 18.4 Å². The molecule has 0 atom stereocenters. The molecule has 1 heterocycles. The summed E-state index contributed by atoms with van der Waals surface area (Å²) >= 11 is 0. The zero-order valence-corrected chi connectivity index (χ0v) is 10.9. The highest BCUT2D eigenvalue weighted by Gasteiger charge is 2.47. The molecular formula is C14H16F3NO2. The van der Waals surface area contributed by atoms with Crippen molar-refractivity contribution in [3.8, 4) is 11.5 Å². The molecule has 0 amide bonds. The Hall–Kier alpha value is -1.43. The first-order valence-electron chi connectivity index (χ1n) is 6.71. The molecule has 0 spiro atoms. The normalized spacial score (nSPS) is 25.1. The van der Waals surface area contributed by atoms with Crippen molar-refractivity contribution in [3.63, 3.8) is 0 Å². The molecule has 0 bridgehead atoms. The molecule has 1 aromatic carbocycles. The molecule has 3 rings (SSSR count). The number of rotatable bonds is 3. The largest absolute Gasteiger partial charge is 0.486 e. The van der Waals surface area contributed by atoms with Crippen molar-refractivity contribution < 1.29 is 22.6 Å². The van der Waals surface area contributed by atoms with Gasteiger partial charge in [-0.15, -0.1) is 0 Å². The molecule has 3 nitrogen and oxygen atoms in total. The minimum atomic E-state index is -4.05. The van der Waals surface area contributed by atoms with Crippen molar-refractivity contribution in [2.45, 2.75) is 31.6 Å². The Balaban J connectivity index is 1.50. The van der Waals surface area contributed by atoms with Gasteiger partial charge in [0.2, 0.25) is 0 Å². The number of hydrogen-bond donors (Lipinski definition) is 1. The molecule has 1 aliphatic heterocycles. The summed E-state index contributed by atoms with van der Waals surface area (Å²) in [6.45, 7) is 1.62. The summed E-state index contributed by atoms with van der Waals surface area (Å²) in [6.07, 6.45) is -3.70. The van der Waals surface area contributed by atoms with E-state index in [4.69, 9.17) is 9.47 Å². The fraction of sp³-hybridized carbons (Fsp3) is 0.571. The molecule has 1 N–H and O–H groups in total. The van der Waals surface area contributed by atoms with Crippen LogP contribution >= 0.6 is 0 Å². The Morgan fingerprint density at radius 1 is 1.10 bits per heavy atom. The predicted octanol–water partition coefficient (Wildman–Crippen LogP) is 2.89. The second-order valence-electron chi connectivity index (χ2n) is 5.27. The van der Waals surface area contributed by atoms with Gasteiger partial charge in [0, 0.05) is 12.6 Å². The molecule has 1 aliphatic carbocycles. The maximum absolute atomic E-state index is 12.4. The minimum Gasteiger partial charge on any atom is -0.486 e. The van der Waals surface area contributed by atoms with Crippen molar-refractivity contribution in [3.05, 3.63) is 23.8 Å². The number of nitrogens with one attached hydrogen (secondary N) is 1. The van der Waals surface area contributed by atoms with Gasteiger partial charge in [0.05, 0.1) is 5.92 Å². The Labute approximate surface area is 115 Å². The molecule has 110 valence electrons. The van der Waals surface area contributed by atoms with E-state index in [1.54, 1.807) is 0 Å². The molecule has 20 heavy (non-hydrogen) atoms. The SMILES string of the molecule is FC(F)(F)C1CC(NCc2ccc3c(c2)OCCO3)C1. The van der Waals surface area contributed by atoms with E-state index < -0.39 is 12.1 Å². The topological polar surface area (TPSA) is 30.5 Å². The highest BCUT2D eigenvalue weighted by Crippen LogP contribution is 2.41. The third-order valence-electron chi connectivity index (χ3n) is 3.80. The van der Waals surface area contributed by atoms with E-state index in [2.05, 4.69) is 5.32 Å². The van der Waals surface area contributed by atoms with Crippen LogP contribution in [0, 0.1) is 5.92 Å². The van der Waals surface area contributed by atoms with Crippen LogP contribution in [-0.4, -0.2) is 25.4 Å². The Bertz CT molecular complexity index is 484. The smallest absolute Gasteiger partial charge is 0.391 e. The van der Waals surface area contributed by atoms with Crippen LogP contribution in [0.25, 0.3) is 0 Å². The summed E-state index contributed by atoms with van der Waals surface area (Å²) in [5.74, 6) is 0.290. The molecule has 1 fully saturated rings. The molecule has 2 aliphatic rings. The Morgan fingerprint density at radius 3 is 2.50 bits per heavy atom. The lowest BCUT2D eigenvalue weighted by atomic mass is 9.80. The van der Waals surface area contributed by atoms with E-state index >= 15 is 0 Å². The second kappa shape index (κ2) is 5.16. The van der Waals surface area contributed by atoms with Gasteiger partial charge >= 0.3 is 6.18 Å². The average Bonchev–Trinajstić information content (AvgIpc) is 2.35. The van der Waals surface area contributed by atoms with Crippen LogP contribution < -0.4 is 14.8 Å². The Morgan fingerprint density at radius 2 is 1.80 bits per heavy atom. The second-order valence-corrected chi connectivity index (χ2v) is 5.27. The first-order valence-corrected chi connectivity index (χ1v) is 6.71. The van der Waals surface area contributed by atoms with Gasteiger partial charge in [0.1, 0.15) is 13.2 Å². The van der Waals surface area contributed by atoms with E-state index in [1.807, 2.05) is 18.2 Å². The molecule has 0 aromatic heterocycles. The van der Waals surface area contributed by atoms with Crippen molar-refractivity contribution >= 4 is 0 Å². The van der Waals surface area contributed by atoms with E-state index in [1.165, 1.54) is 0 Å². The fourth-order valence-electron chi connectivity index (χ4n) is 2.51. The summed E-state index contributed by atoms with van der Waals surface area (Å²) < 4.78 is 48.0. The van der Waals surface area contributed by atoms with Gasteiger partial charge in [-0.2, -0.15) is 13.2 Å². The van der Waals surface area contributed by atoms with Gasteiger partial charge in [0.15, 0.2) is 11.5 Å². The zero-order chi connectivity index (χ0) is 14.2. The number of hydrogen-bond acceptors (Lipinski definition) is 3. The lowest BCUT2D eigenvalue weighted by Crippen LogP contribution is -2.46. The van der Waals surface area contributed by atoms with E-state index in [-0.39, 0.29) is 18.9 Å². The van der Waals surface area contributed by atoms with Crippen molar-refractivity contribution in [1.82, 2.24) is 5.32 Å². The molecule has 0 unspecified atom stereocenters. The molecular weight excluding hydrogens is 271 g/mol. The number of ether oxygens (including phenoxy) is 2. The van der Waals surface area contributed by atoms with Crippen molar-refractivity contribution in [1.29, 1.82) is 0 Å². The third-order valence-corrected chi connectivity index (χ3v) is 3.80. The highest BCUT2D eigenvalue weighted by molar-refractivity contribution is 5.43. The van der Waals surface area contributed by atoms with E-state index in [0.29, 0.717) is 25.5 Å². The molecule has 6 heteroatoms. The number of alkyl halides is 3. The maximum atomic E-state index is 12.4. The maximum Gasteiger partial charge on any atom is 0.391 e. The third kappa shape index (κ3) is 2.85. The molecule has 1 aromatic rings. The first-order chi connectivity index (χ1) is 9.52. The van der Waals surface area contributed by atoms with Crippen LogP contribution in [-0.2, 0) is 6.54 Å². The van der Waals surface area contributed by atoms with Crippen molar-refractivity contribution in [2.75, 3.05) is 13.2 Å². The zero-order valence-electron chi connectivity index (χ0n) is 10.9.